The Morgan fingerprint density at radius 3 is 2.77 bits per heavy atom. The molecule has 30 heavy (non-hydrogen) atoms. The molecule has 162 valence electrons. The zero-order chi connectivity index (χ0) is 21.3. The lowest BCUT2D eigenvalue weighted by Gasteiger charge is -2.35. The number of aromatic nitrogens is 1. The van der Waals surface area contributed by atoms with E-state index in [4.69, 9.17) is 9.73 Å². The average molecular weight is 411 g/mol. The number of rotatable bonds is 7. The first-order chi connectivity index (χ1) is 14.6. The molecule has 3 rings (SSSR count). The molecule has 0 saturated carbocycles. The van der Waals surface area contributed by atoms with Crippen molar-refractivity contribution >= 4 is 5.96 Å². The predicted octanol–water partition coefficient (Wildman–Crippen LogP) is 3.28. The molecule has 0 bridgehead atoms. The highest BCUT2D eigenvalue weighted by atomic mass is 16.5. The number of unbranched alkanes of at least 4 members (excludes halogenated alkanes) is 1. The lowest BCUT2D eigenvalue weighted by Crippen LogP contribution is -2.48. The van der Waals surface area contributed by atoms with Crippen molar-refractivity contribution in [2.45, 2.75) is 46.3 Å². The molecule has 1 aromatic carbocycles. The van der Waals surface area contributed by atoms with Gasteiger partial charge in [0.15, 0.2) is 5.96 Å². The number of nitrogens with zero attached hydrogens (tertiary/aromatic N) is 3. The van der Waals surface area contributed by atoms with Gasteiger partial charge in [0, 0.05) is 37.9 Å². The van der Waals surface area contributed by atoms with Gasteiger partial charge in [-0.25, -0.2) is 0 Å². The lowest BCUT2D eigenvalue weighted by atomic mass is 10.0. The van der Waals surface area contributed by atoms with Crippen LogP contribution in [0.4, 0.5) is 0 Å². The second-order valence-electron chi connectivity index (χ2n) is 7.76. The SMILES string of the molecule is CCNC(=NCCCCn1c(C)cccc1=O)N1CCOC(c2ccccc2C)C1. The van der Waals surface area contributed by atoms with E-state index in [1.807, 2.05) is 23.6 Å². The third-order valence-corrected chi connectivity index (χ3v) is 5.56. The molecule has 6 nitrogen and oxygen atoms in total. The molecule has 1 unspecified atom stereocenters. The van der Waals surface area contributed by atoms with Crippen LogP contribution < -0.4 is 10.9 Å². The van der Waals surface area contributed by atoms with Crippen LogP contribution in [0, 0.1) is 13.8 Å². The Kier molecular flexibility index (Phi) is 8.08. The van der Waals surface area contributed by atoms with E-state index in [0.717, 1.165) is 57.2 Å². The standard InChI is InChI=1S/C24H34N4O2/c1-4-25-24(26-14-7-8-15-28-20(3)11-9-13-23(28)29)27-16-17-30-22(18-27)21-12-6-5-10-19(21)2/h5-6,9-13,22H,4,7-8,14-18H2,1-3H3,(H,25,26). The minimum Gasteiger partial charge on any atom is -0.370 e. The number of ether oxygens (including phenoxy) is 1. The van der Waals surface area contributed by atoms with Crippen molar-refractivity contribution < 1.29 is 4.74 Å². The van der Waals surface area contributed by atoms with Gasteiger partial charge in [-0.1, -0.05) is 30.3 Å². The molecule has 1 aliphatic rings. The molecular weight excluding hydrogens is 376 g/mol. The number of aryl methyl sites for hydroxylation is 2. The smallest absolute Gasteiger partial charge is 0.250 e. The summed E-state index contributed by atoms with van der Waals surface area (Å²) in [5, 5.41) is 3.43. The largest absolute Gasteiger partial charge is 0.370 e. The normalized spacial score (nSPS) is 17.2. The van der Waals surface area contributed by atoms with Crippen molar-refractivity contribution in [3.05, 3.63) is 69.6 Å². The Labute approximate surface area is 179 Å². The topological polar surface area (TPSA) is 58.9 Å². The van der Waals surface area contributed by atoms with Crippen LogP contribution in [0.25, 0.3) is 0 Å². The van der Waals surface area contributed by atoms with Crippen LogP contribution in [0.2, 0.25) is 0 Å². The van der Waals surface area contributed by atoms with Crippen molar-refractivity contribution in [2.24, 2.45) is 4.99 Å². The molecule has 0 aliphatic carbocycles. The maximum Gasteiger partial charge on any atom is 0.250 e. The van der Waals surface area contributed by atoms with Gasteiger partial charge in [0.1, 0.15) is 6.10 Å². The molecule has 0 radical (unpaired) electrons. The molecule has 2 heterocycles. The van der Waals surface area contributed by atoms with Crippen LogP contribution in [-0.2, 0) is 11.3 Å². The summed E-state index contributed by atoms with van der Waals surface area (Å²) in [5.74, 6) is 0.951. The lowest BCUT2D eigenvalue weighted by molar-refractivity contribution is -0.00832. The van der Waals surface area contributed by atoms with E-state index in [2.05, 4.69) is 48.3 Å². The number of benzene rings is 1. The molecule has 2 aromatic rings. The van der Waals surface area contributed by atoms with Crippen molar-refractivity contribution in [2.75, 3.05) is 32.8 Å². The summed E-state index contributed by atoms with van der Waals surface area (Å²) in [6, 6.07) is 13.8. The van der Waals surface area contributed by atoms with Crippen LogP contribution >= 0.6 is 0 Å². The fraction of sp³-hybridized carbons (Fsp3) is 0.500. The second kappa shape index (κ2) is 11.0. The summed E-state index contributed by atoms with van der Waals surface area (Å²) >= 11 is 0. The summed E-state index contributed by atoms with van der Waals surface area (Å²) in [7, 11) is 0. The summed E-state index contributed by atoms with van der Waals surface area (Å²) in [6.45, 7) is 10.9. The Morgan fingerprint density at radius 1 is 1.17 bits per heavy atom. The molecule has 1 N–H and O–H groups in total. The highest BCUT2D eigenvalue weighted by Gasteiger charge is 2.25. The van der Waals surface area contributed by atoms with Crippen molar-refractivity contribution in [3.63, 3.8) is 0 Å². The second-order valence-corrected chi connectivity index (χ2v) is 7.76. The first kappa shape index (κ1) is 22.1. The minimum atomic E-state index is 0.0664. The Bertz CT molecular complexity index is 906. The van der Waals surface area contributed by atoms with E-state index in [9.17, 15) is 4.79 Å². The van der Waals surface area contributed by atoms with Gasteiger partial charge in [-0.2, -0.15) is 0 Å². The monoisotopic (exact) mass is 410 g/mol. The molecule has 0 spiro atoms. The summed E-state index contributed by atoms with van der Waals surface area (Å²) in [5.41, 5.74) is 3.59. The Hall–Kier alpha value is -2.60. The van der Waals surface area contributed by atoms with E-state index >= 15 is 0 Å². The molecule has 1 fully saturated rings. The highest BCUT2D eigenvalue weighted by Crippen LogP contribution is 2.25. The van der Waals surface area contributed by atoms with Crippen LogP contribution in [0.15, 0.2) is 52.3 Å². The third kappa shape index (κ3) is 5.72. The number of pyridine rings is 1. The molecular formula is C24H34N4O2. The predicted molar refractivity (Wildman–Crippen MR) is 122 cm³/mol. The number of nitrogens with one attached hydrogen (secondary N) is 1. The molecule has 1 atom stereocenters. The molecule has 0 amide bonds. The van der Waals surface area contributed by atoms with Gasteiger partial charge >= 0.3 is 0 Å². The van der Waals surface area contributed by atoms with Gasteiger partial charge in [0.25, 0.3) is 5.56 Å². The number of hydrogen-bond donors (Lipinski definition) is 1. The maximum atomic E-state index is 12.0. The zero-order valence-electron chi connectivity index (χ0n) is 18.4. The van der Waals surface area contributed by atoms with Crippen molar-refractivity contribution in [3.8, 4) is 0 Å². The first-order valence-corrected chi connectivity index (χ1v) is 11.0. The van der Waals surface area contributed by atoms with Crippen LogP contribution in [0.3, 0.4) is 0 Å². The minimum absolute atomic E-state index is 0.0664. The van der Waals surface area contributed by atoms with E-state index in [1.54, 1.807) is 6.07 Å². The van der Waals surface area contributed by atoms with Gasteiger partial charge in [-0.15, -0.1) is 0 Å². The molecule has 1 saturated heterocycles. The fourth-order valence-electron chi connectivity index (χ4n) is 3.88. The first-order valence-electron chi connectivity index (χ1n) is 11.0. The Morgan fingerprint density at radius 2 is 2.00 bits per heavy atom. The van der Waals surface area contributed by atoms with Gasteiger partial charge in [0.2, 0.25) is 0 Å². The van der Waals surface area contributed by atoms with Gasteiger partial charge in [0.05, 0.1) is 13.2 Å². The number of hydrogen-bond acceptors (Lipinski definition) is 3. The molecule has 1 aromatic heterocycles. The molecule has 6 heteroatoms. The van der Waals surface area contributed by atoms with Crippen molar-refractivity contribution in [1.82, 2.24) is 14.8 Å². The van der Waals surface area contributed by atoms with Crippen LogP contribution in [0.1, 0.15) is 42.7 Å². The average Bonchev–Trinajstić information content (AvgIpc) is 2.75. The summed E-state index contributed by atoms with van der Waals surface area (Å²) in [4.78, 5) is 19.1. The van der Waals surface area contributed by atoms with Crippen LogP contribution in [0.5, 0.6) is 0 Å². The summed E-state index contributed by atoms with van der Waals surface area (Å²) < 4.78 is 7.90. The van der Waals surface area contributed by atoms with Crippen LogP contribution in [-0.4, -0.2) is 48.2 Å². The third-order valence-electron chi connectivity index (χ3n) is 5.56. The van der Waals surface area contributed by atoms with E-state index in [1.165, 1.54) is 11.1 Å². The Balaban J connectivity index is 1.57. The molecule has 1 aliphatic heterocycles. The maximum absolute atomic E-state index is 12.0. The number of morpholine rings is 1. The van der Waals surface area contributed by atoms with Crippen molar-refractivity contribution in [1.29, 1.82) is 0 Å². The zero-order valence-corrected chi connectivity index (χ0v) is 18.4. The van der Waals surface area contributed by atoms with Gasteiger partial charge < -0.3 is 19.5 Å². The number of guanidine groups is 1. The fourth-order valence-corrected chi connectivity index (χ4v) is 3.88. The van der Waals surface area contributed by atoms with E-state index < -0.39 is 0 Å². The van der Waals surface area contributed by atoms with E-state index in [0.29, 0.717) is 6.61 Å². The number of aliphatic imine (C=N–C) groups is 1. The van der Waals surface area contributed by atoms with E-state index in [-0.39, 0.29) is 11.7 Å². The van der Waals surface area contributed by atoms with Gasteiger partial charge in [-0.05, 0) is 50.8 Å². The summed E-state index contributed by atoms with van der Waals surface area (Å²) in [6.07, 6.45) is 1.95. The quantitative estimate of drug-likeness (QED) is 0.432. The highest BCUT2D eigenvalue weighted by molar-refractivity contribution is 5.80. The van der Waals surface area contributed by atoms with Gasteiger partial charge in [-0.3, -0.25) is 9.79 Å².